The van der Waals surface area contributed by atoms with Crippen LogP contribution in [0.25, 0.3) is 0 Å². The Bertz CT molecular complexity index is 507. The maximum Gasteiger partial charge on any atom is 0.0693 e. The molecule has 0 aliphatic rings. The summed E-state index contributed by atoms with van der Waals surface area (Å²) in [4.78, 5) is 0. The van der Waals surface area contributed by atoms with Crippen LogP contribution in [0.3, 0.4) is 0 Å². The smallest absolute Gasteiger partial charge is 0.0693 e. The fourth-order valence-electron chi connectivity index (χ4n) is 2.30. The molecule has 102 valence electrons. The molecule has 1 atom stereocenters. The lowest BCUT2D eigenvalue weighted by molar-refractivity contribution is 0.531. The average molecular weight is 322 g/mol. The highest BCUT2D eigenvalue weighted by molar-refractivity contribution is 9.10. The van der Waals surface area contributed by atoms with Crippen LogP contribution in [0.2, 0.25) is 0 Å². The van der Waals surface area contributed by atoms with Gasteiger partial charge in [0.05, 0.1) is 16.4 Å². The van der Waals surface area contributed by atoms with Gasteiger partial charge < -0.3 is 5.73 Å². The number of aryl methyl sites for hydroxylation is 2. The molecule has 2 rings (SSSR count). The van der Waals surface area contributed by atoms with Crippen molar-refractivity contribution >= 4 is 15.9 Å². The van der Waals surface area contributed by atoms with Crippen LogP contribution in [0.15, 0.2) is 41.0 Å². The third-order valence-electron chi connectivity index (χ3n) is 3.31. The molecule has 1 aromatic carbocycles. The highest BCUT2D eigenvalue weighted by Gasteiger charge is 2.15. The van der Waals surface area contributed by atoms with Gasteiger partial charge >= 0.3 is 0 Å². The first kappa shape index (κ1) is 14.3. The third kappa shape index (κ3) is 3.67. The maximum absolute atomic E-state index is 6.29. The number of aromatic nitrogens is 2. The van der Waals surface area contributed by atoms with E-state index in [0.29, 0.717) is 0 Å². The summed E-state index contributed by atoms with van der Waals surface area (Å²) >= 11 is 3.53. The second-order valence-corrected chi connectivity index (χ2v) is 5.53. The molecule has 0 aliphatic carbocycles. The fourth-order valence-corrected chi connectivity index (χ4v) is 2.89. The fraction of sp³-hybridized carbons (Fsp3) is 0.400. The molecule has 0 aliphatic heterocycles. The van der Waals surface area contributed by atoms with E-state index in [-0.39, 0.29) is 6.04 Å². The molecule has 3 nitrogen and oxygen atoms in total. The SMILES string of the molecule is CCn1ncc(Br)c1C(N)CCCc1ccccc1. The molecule has 0 saturated heterocycles. The Hall–Kier alpha value is -1.13. The van der Waals surface area contributed by atoms with Gasteiger partial charge in [-0.25, -0.2) is 0 Å². The summed E-state index contributed by atoms with van der Waals surface area (Å²) in [5.41, 5.74) is 8.77. The molecule has 0 bridgehead atoms. The molecule has 2 N–H and O–H groups in total. The van der Waals surface area contributed by atoms with Gasteiger partial charge in [0, 0.05) is 12.6 Å². The molecular weight excluding hydrogens is 302 g/mol. The zero-order chi connectivity index (χ0) is 13.7. The molecule has 1 unspecified atom stereocenters. The van der Waals surface area contributed by atoms with Crippen molar-refractivity contribution in [3.8, 4) is 0 Å². The number of nitrogens with two attached hydrogens (primary N) is 1. The van der Waals surface area contributed by atoms with E-state index in [1.807, 2.05) is 16.9 Å². The van der Waals surface area contributed by atoms with Gasteiger partial charge in [0.15, 0.2) is 0 Å². The minimum Gasteiger partial charge on any atom is -0.323 e. The zero-order valence-corrected chi connectivity index (χ0v) is 12.8. The first-order valence-corrected chi connectivity index (χ1v) is 7.52. The standard InChI is InChI=1S/C15H20BrN3/c1-2-19-15(13(16)11-18-19)14(17)10-6-9-12-7-4-3-5-8-12/h3-5,7-8,11,14H,2,6,9-10,17H2,1H3. The molecule has 1 aromatic heterocycles. The second-order valence-electron chi connectivity index (χ2n) is 4.68. The summed E-state index contributed by atoms with van der Waals surface area (Å²) in [5, 5.41) is 4.31. The van der Waals surface area contributed by atoms with Crippen LogP contribution in [0.5, 0.6) is 0 Å². The van der Waals surface area contributed by atoms with Gasteiger partial charge in [-0.1, -0.05) is 30.3 Å². The van der Waals surface area contributed by atoms with E-state index in [1.54, 1.807) is 0 Å². The monoisotopic (exact) mass is 321 g/mol. The van der Waals surface area contributed by atoms with Crippen molar-refractivity contribution in [2.45, 2.75) is 38.8 Å². The minimum absolute atomic E-state index is 0.0422. The Morgan fingerprint density at radius 2 is 2.05 bits per heavy atom. The lowest BCUT2D eigenvalue weighted by Gasteiger charge is -2.14. The molecule has 19 heavy (non-hydrogen) atoms. The van der Waals surface area contributed by atoms with Crippen molar-refractivity contribution in [3.63, 3.8) is 0 Å². The normalized spacial score (nSPS) is 12.6. The van der Waals surface area contributed by atoms with E-state index in [1.165, 1.54) is 5.56 Å². The van der Waals surface area contributed by atoms with Crippen molar-refractivity contribution in [1.82, 2.24) is 9.78 Å². The van der Waals surface area contributed by atoms with Gasteiger partial charge in [0.25, 0.3) is 0 Å². The number of halogens is 1. The van der Waals surface area contributed by atoms with E-state index in [9.17, 15) is 0 Å². The van der Waals surface area contributed by atoms with Gasteiger partial charge in [0.2, 0.25) is 0 Å². The summed E-state index contributed by atoms with van der Waals surface area (Å²) in [5.74, 6) is 0. The predicted molar refractivity (Wildman–Crippen MR) is 81.9 cm³/mol. The minimum atomic E-state index is 0.0422. The van der Waals surface area contributed by atoms with Crippen molar-refractivity contribution < 1.29 is 0 Å². The maximum atomic E-state index is 6.29. The van der Waals surface area contributed by atoms with Crippen LogP contribution < -0.4 is 5.73 Å². The van der Waals surface area contributed by atoms with E-state index >= 15 is 0 Å². The summed E-state index contributed by atoms with van der Waals surface area (Å²) in [6.45, 7) is 2.94. The number of nitrogens with zero attached hydrogens (tertiary/aromatic N) is 2. The lowest BCUT2D eigenvalue weighted by Crippen LogP contribution is -2.16. The molecule has 4 heteroatoms. The molecule has 1 heterocycles. The van der Waals surface area contributed by atoms with Crippen molar-refractivity contribution in [2.24, 2.45) is 5.73 Å². The second kappa shape index (κ2) is 6.87. The quantitative estimate of drug-likeness (QED) is 0.881. The van der Waals surface area contributed by atoms with Crippen LogP contribution in [0, 0.1) is 0 Å². The van der Waals surface area contributed by atoms with Crippen LogP contribution in [-0.4, -0.2) is 9.78 Å². The van der Waals surface area contributed by atoms with Crippen LogP contribution >= 0.6 is 15.9 Å². The van der Waals surface area contributed by atoms with Gasteiger partial charge in [-0.05, 0) is 47.7 Å². The number of rotatable bonds is 6. The topological polar surface area (TPSA) is 43.8 Å². The first-order chi connectivity index (χ1) is 9.22. The first-order valence-electron chi connectivity index (χ1n) is 6.73. The summed E-state index contributed by atoms with van der Waals surface area (Å²) in [7, 11) is 0. The Balaban J connectivity index is 1.91. The van der Waals surface area contributed by atoms with Crippen LogP contribution in [0.4, 0.5) is 0 Å². The average Bonchev–Trinajstić information content (AvgIpc) is 2.81. The van der Waals surface area contributed by atoms with E-state index in [0.717, 1.165) is 36.0 Å². The summed E-state index contributed by atoms with van der Waals surface area (Å²) < 4.78 is 2.98. The molecular formula is C15H20BrN3. The Labute approximate surface area is 122 Å². The van der Waals surface area contributed by atoms with Crippen LogP contribution in [0.1, 0.15) is 37.1 Å². The van der Waals surface area contributed by atoms with Gasteiger partial charge in [0.1, 0.15) is 0 Å². The Morgan fingerprint density at radius 1 is 1.32 bits per heavy atom. The van der Waals surface area contributed by atoms with Gasteiger partial charge in [-0.15, -0.1) is 0 Å². The lowest BCUT2D eigenvalue weighted by atomic mass is 10.0. The summed E-state index contributed by atoms with van der Waals surface area (Å²) in [6.07, 6.45) is 4.97. The Morgan fingerprint density at radius 3 is 2.74 bits per heavy atom. The van der Waals surface area contributed by atoms with Gasteiger partial charge in [-0.2, -0.15) is 5.10 Å². The molecule has 0 radical (unpaired) electrons. The zero-order valence-electron chi connectivity index (χ0n) is 11.2. The molecule has 0 saturated carbocycles. The predicted octanol–water partition coefficient (Wildman–Crippen LogP) is 3.69. The largest absolute Gasteiger partial charge is 0.323 e. The highest BCUT2D eigenvalue weighted by atomic mass is 79.9. The number of hydrogen-bond acceptors (Lipinski definition) is 2. The molecule has 2 aromatic rings. The van der Waals surface area contributed by atoms with E-state index < -0.39 is 0 Å². The van der Waals surface area contributed by atoms with E-state index in [2.05, 4.69) is 52.2 Å². The molecule has 0 fully saturated rings. The van der Waals surface area contributed by atoms with Crippen molar-refractivity contribution in [1.29, 1.82) is 0 Å². The summed E-state index contributed by atoms with van der Waals surface area (Å²) in [6, 6.07) is 10.6. The Kier molecular flexibility index (Phi) is 5.16. The van der Waals surface area contributed by atoms with Crippen molar-refractivity contribution in [3.05, 3.63) is 52.3 Å². The molecule has 0 amide bonds. The van der Waals surface area contributed by atoms with Crippen LogP contribution in [-0.2, 0) is 13.0 Å². The number of benzene rings is 1. The van der Waals surface area contributed by atoms with Gasteiger partial charge in [-0.3, -0.25) is 4.68 Å². The molecule has 0 spiro atoms. The van der Waals surface area contributed by atoms with Crippen molar-refractivity contribution in [2.75, 3.05) is 0 Å². The highest BCUT2D eigenvalue weighted by Crippen LogP contribution is 2.25. The van der Waals surface area contributed by atoms with E-state index in [4.69, 9.17) is 5.73 Å². The third-order valence-corrected chi connectivity index (χ3v) is 3.92. The number of hydrogen-bond donors (Lipinski definition) is 1.